The quantitative estimate of drug-likeness (QED) is 0.776. The summed E-state index contributed by atoms with van der Waals surface area (Å²) >= 11 is 0. The van der Waals surface area contributed by atoms with Crippen LogP contribution in [0.1, 0.15) is 12.5 Å². The Morgan fingerprint density at radius 2 is 2.00 bits per heavy atom. The first kappa shape index (κ1) is 13.5. The van der Waals surface area contributed by atoms with Crippen molar-refractivity contribution in [1.82, 2.24) is 15.3 Å². The third-order valence-electron chi connectivity index (χ3n) is 3.17. The van der Waals surface area contributed by atoms with Crippen LogP contribution in [0.2, 0.25) is 0 Å². The first-order valence-electron chi connectivity index (χ1n) is 7.03. The average molecular weight is 279 g/mol. The van der Waals surface area contributed by atoms with Crippen LogP contribution in [0.25, 0.3) is 10.9 Å². The van der Waals surface area contributed by atoms with Crippen LogP contribution in [0.3, 0.4) is 0 Å². The van der Waals surface area contributed by atoms with Crippen LogP contribution >= 0.6 is 0 Å². The molecule has 0 aliphatic heterocycles. The molecule has 0 bridgehead atoms. The van der Waals surface area contributed by atoms with E-state index in [9.17, 15) is 0 Å². The zero-order valence-electron chi connectivity index (χ0n) is 11.9. The van der Waals surface area contributed by atoms with Gasteiger partial charge >= 0.3 is 0 Å². The molecule has 3 aromatic rings. The van der Waals surface area contributed by atoms with Gasteiger partial charge in [0.1, 0.15) is 5.75 Å². The standard InChI is InChI=1S/C17H17N3O/c1-2-18-11-13-7-8-19-17(9-13)21-15-10-14-5-3-4-6-16(14)20-12-15/h3-10,12,18H,2,11H2,1H3. The molecule has 0 spiro atoms. The number of rotatable bonds is 5. The fourth-order valence-corrected chi connectivity index (χ4v) is 2.11. The van der Waals surface area contributed by atoms with Crippen molar-refractivity contribution in [3.8, 4) is 11.6 Å². The highest BCUT2D eigenvalue weighted by Gasteiger charge is 2.02. The minimum absolute atomic E-state index is 0.586. The molecule has 0 saturated carbocycles. The maximum absolute atomic E-state index is 5.81. The van der Waals surface area contributed by atoms with Gasteiger partial charge in [0.25, 0.3) is 0 Å². The minimum Gasteiger partial charge on any atom is -0.437 e. The number of nitrogens with zero attached hydrogens (tertiary/aromatic N) is 2. The van der Waals surface area contributed by atoms with E-state index in [1.807, 2.05) is 42.5 Å². The third-order valence-corrected chi connectivity index (χ3v) is 3.17. The van der Waals surface area contributed by atoms with E-state index >= 15 is 0 Å². The van der Waals surface area contributed by atoms with Crippen LogP contribution in [0, 0.1) is 0 Å². The average Bonchev–Trinajstić information content (AvgIpc) is 2.53. The van der Waals surface area contributed by atoms with Crippen molar-refractivity contribution in [2.45, 2.75) is 13.5 Å². The molecule has 0 unspecified atom stereocenters. The van der Waals surface area contributed by atoms with Crippen molar-refractivity contribution in [2.24, 2.45) is 0 Å². The number of benzene rings is 1. The smallest absolute Gasteiger partial charge is 0.219 e. The van der Waals surface area contributed by atoms with E-state index in [0.29, 0.717) is 11.6 Å². The highest BCUT2D eigenvalue weighted by atomic mass is 16.5. The molecule has 1 N–H and O–H groups in total. The second-order valence-electron chi connectivity index (χ2n) is 4.75. The SMILES string of the molecule is CCNCc1ccnc(Oc2cnc3ccccc3c2)c1. The molecule has 106 valence electrons. The van der Waals surface area contributed by atoms with Crippen molar-refractivity contribution in [1.29, 1.82) is 0 Å². The lowest BCUT2D eigenvalue weighted by molar-refractivity contribution is 0.460. The fourth-order valence-electron chi connectivity index (χ4n) is 2.11. The third kappa shape index (κ3) is 3.35. The predicted molar refractivity (Wildman–Crippen MR) is 83.4 cm³/mol. The largest absolute Gasteiger partial charge is 0.437 e. The van der Waals surface area contributed by atoms with E-state index in [2.05, 4.69) is 22.2 Å². The van der Waals surface area contributed by atoms with Crippen molar-refractivity contribution < 1.29 is 4.74 Å². The molecule has 2 aromatic heterocycles. The number of fused-ring (bicyclic) bond motifs is 1. The fraction of sp³-hybridized carbons (Fsp3) is 0.176. The molecule has 0 fully saturated rings. The number of ether oxygens (including phenoxy) is 1. The Labute approximate surface area is 123 Å². The molecule has 0 saturated heterocycles. The van der Waals surface area contributed by atoms with E-state index in [-0.39, 0.29) is 0 Å². The summed E-state index contributed by atoms with van der Waals surface area (Å²) in [6.07, 6.45) is 3.48. The van der Waals surface area contributed by atoms with Gasteiger partial charge in [-0.15, -0.1) is 0 Å². The Morgan fingerprint density at radius 3 is 2.90 bits per heavy atom. The summed E-state index contributed by atoms with van der Waals surface area (Å²) in [4.78, 5) is 8.63. The molecule has 1 aromatic carbocycles. The normalized spacial score (nSPS) is 10.7. The number of pyridine rings is 2. The van der Waals surface area contributed by atoms with Gasteiger partial charge in [-0.2, -0.15) is 0 Å². The molecular weight excluding hydrogens is 262 g/mol. The number of hydrogen-bond acceptors (Lipinski definition) is 4. The monoisotopic (exact) mass is 279 g/mol. The van der Waals surface area contributed by atoms with Crippen LogP contribution in [-0.2, 0) is 6.54 Å². The molecule has 0 aliphatic carbocycles. The highest BCUT2D eigenvalue weighted by molar-refractivity contribution is 5.79. The molecule has 2 heterocycles. The lowest BCUT2D eigenvalue weighted by Crippen LogP contribution is -2.11. The van der Waals surface area contributed by atoms with Gasteiger partial charge < -0.3 is 10.1 Å². The van der Waals surface area contributed by atoms with E-state index < -0.39 is 0 Å². The lowest BCUT2D eigenvalue weighted by atomic mass is 10.2. The van der Waals surface area contributed by atoms with Crippen molar-refractivity contribution in [2.75, 3.05) is 6.54 Å². The molecular formula is C17H17N3O. The molecule has 0 amide bonds. The van der Waals surface area contributed by atoms with E-state index in [1.54, 1.807) is 12.4 Å². The van der Waals surface area contributed by atoms with Crippen LogP contribution in [0.4, 0.5) is 0 Å². The first-order valence-corrected chi connectivity index (χ1v) is 7.03. The Balaban J connectivity index is 1.81. The van der Waals surface area contributed by atoms with Crippen molar-refractivity contribution >= 4 is 10.9 Å². The Bertz CT molecular complexity index is 743. The second kappa shape index (κ2) is 6.33. The van der Waals surface area contributed by atoms with Crippen LogP contribution in [-0.4, -0.2) is 16.5 Å². The van der Waals surface area contributed by atoms with Gasteiger partial charge in [0, 0.05) is 24.2 Å². The summed E-state index contributed by atoms with van der Waals surface area (Å²) < 4.78 is 5.81. The number of hydrogen-bond donors (Lipinski definition) is 1. The summed E-state index contributed by atoms with van der Waals surface area (Å²) in [5.41, 5.74) is 2.11. The predicted octanol–water partition coefficient (Wildman–Crippen LogP) is 3.53. The molecule has 0 atom stereocenters. The summed E-state index contributed by atoms with van der Waals surface area (Å²) in [5, 5.41) is 4.34. The minimum atomic E-state index is 0.586. The number of para-hydroxylation sites is 1. The summed E-state index contributed by atoms with van der Waals surface area (Å²) in [7, 11) is 0. The van der Waals surface area contributed by atoms with E-state index in [4.69, 9.17) is 4.74 Å². The molecule has 0 aliphatic rings. The maximum Gasteiger partial charge on any atom is 0.219 e. The second-order valence-corrected chi connectivity index (χ2v) is 4.75. The summed E-state index contributed by atoms with van der Waals surface area (Å²) in [5.74, 6) is 1.28. The van der Waals surface area contributed by atoms with Gasteiger partial charge in [-0.1, -0.05) is 25.1 Å². The lowest BCUT2D eigenvalue weighted by Gasteiger charge is -2.07. The van der Waals surface area contributed by atoms with E-state index in [0.717, 1.165) is 29.6 Å². The maximum atomic E-state index is 5.81. The Kier molecular flexibility index (Phi) is 4.07. The van der Waals surface area contributed by atoms with Crippen molar-refractivity contribution in [3.63, 3.8) is 0 Å². The number of nitrogens with one attached hydrogen (secondary N) is 1. The highest BCUT2D eigenvalue weighted by Crippen LogP contribution is 2.23. The summed E-state index contributed by atoms with van der Waals surface area (Å²) in [6.45, 7) is 3.83. The van der Waals surface area contributed by atoms with Gasteiger partial charge in [0.15, 0.2) is 0 Å². The molecule has 4 heteroatoms. The van der Waals surface area contributed by atoms with Gasteiger partial charge in [0.05, 0.1) is 11.7 Å². The van der Waals surface area contributed by atoms with Gasteiger partial charge in [-0.05, 0) is 30.3 Å². The van der Waals surface area contributed by atoms with Crippen LogP contribution in [0.5, 0.6) is 11.6 Å². The molecule has 21 heavy (non-hydrogen) atoms. The Morgan fingerprint density at radius 1 is 1.10 bits per heavy atom. The molecule has 3 rings (SSSR count). The van der Waals surface area contributed by atoms with Crippen LogP contribution in [0.15, 0.2) is 54.9 Å². The van der Waals surface area contributed by atoms with E-state index in [1.165, 1.54) is 0 Å². The zero-order valence-corrected chi connectivity index (χ0v) is 11.9. The van der Waals surface area contributed by atoms with Gasteiger partial charge in [0.2, 0.25) is 5.88 Å². The first-order chi connectivity index (χ1) is 10.3. The Hall–Kier alpha value is -2.46. The topological polar surface area (TPSA) is 47.0 Å². The molecule has 0 radical (unpaired) electrons. The van der Waals surface area contributed by atoms with Gasteiger partial charge in [-0.3, -0.25) is 4.98 Å². The zero-order chi connectivity index (χ0) is 14.5. The molecule has 4 nitrogen and oxygen atoms in total. The summed E-state index contributed by atoms with van der Waals surface area (Å²) in [6, 6.07) is 13.9. The van der Waals surface area contributed by atoms with Crippen LogP contribution < -0.4 is 10.1 Å². The van der Waals surface area contributed by atoms with Gasteiger partial charge in [-0.25, -0.2) is 4.98 Å². The number of aromatic nitrogens is 2. The van der Waals surface area contributed by atoms with Crippen molar-refractivity contribution in [3.05, 3.63) is 60.4 Å².